The zero-order valence-electron chi connectivity index (χ0n) is 16.0. The summed E-state index contributed by atoms with van der Waals surface area (Å²) in [6, 6.07) is 29.7. The molecule has 0 bridgehead atoms. The minimum Gasteiger partial charge on any atom is -0.257 e. The minimum absolute atomic E-state index is 0.0392. The molecule has 0 radical (unpaired) electrons. The zero-order valence-corrected chi connectivity index (χ0v) is 18.2. The fraction of sp³-hybridized carbons (Fsp3) is 0. The van der Waals surface area contributed by atoms with E-state index in [4.69, 9.17) is 34.8 Å². The molecule has 1 aromatic heterocycles. The van der Waals surface area contributed by atoms with Crippen molar-refractivity contribution in [3.63, 3.8) is 0 Å². The fourth-order valence-corrected chi connectivity index (χ4v) is 3.84. The topological polar surface area (TPSA) is 12.9 Å². The Kier molecular flexibility index (Phi) is 6.59. The van der Waals surface area contributed by atoms with Crippen molar-refractivity contribution < 1.29 is 0 Å². The first kappa shape index (κ1) is 20.7. The van der Waals surface area contributed by atoms with Gasteiger partial charge in [0.2, 0.25) is 6.71 Å². The number of hydrogen-bond acceptors (Lipinski definition) is 1. The quantitative estimate of drug-likeness (QED) is 0.321. The highest BCUT2D eigenvalue weighted by atomic mass is 35.5. The highest BCUT2D eigenvalue weighted by Crippen LogP contribution is 2.24. The van der Waals surface area contributed by atoms with Gasteiger partial charge in [0.15, 0.2) is 0 Å². The van der Waals surface area contributed by atoms with E-state index < -0.39 is 0 Å². The summed E-state index contributed by atoms with van der Waals surface area (Å²) < 4.78 is 0. The molecule has 0 saturated heterocycles. The molecule has 0 fully saturated rings. The van der Waals surface area contributed by atoms with Crippen molar-refractivity contribution in [1.29, 1.82) is 0 Å². The van der Waals surface area contributed by atoms with Crippen LogP contribution in [0.5, 0.6) is 0 Å². The van der Waals surface area contributed by atoms with Crippen LogP contribution in [0.15, 0.2) is 97.2 Å². The minimum atomic E-state index is -0.0392. The van der Waals surface area contributed by atoms with Crippen LogP contribution >= 0.6 is 34.8 Å². The van der Waals surface area contributed by atoms with Crippen molar-refractivity contribution in [1.82, 2.24) is 4.98 Å². The molecule has 5 heteroatoms. The lowest BCUT2D eigenvalue weighted by atomic mass is 9.35. The van der Waals surface area contributed by atoms with Gasteiger partial charge < -0.3 is 0 Å². The largest absolute Gasteiger partial charge is 0.257 e. The highest BCUT2D eigenvalue weighted by molar-refractivity contribution is 7.00. The maximum atomic E-state index is 6.17. The average molecular weight is 449 g/mol. The summed E-state index contributed by atoms with van der Waals surface area (Å²) in [7, 11) is 0. The standard InChI is InChI=1S/C25H17BCl3N/c27-21-10-4-18(5-11-21)25(17-24-3-1-2-16-30-24)26(19-6-12-22(28)13-7-19)20-8-14-23(29)15-9-20/h1-17H/b25-17-. The first-order valence-corrected chi connectivity index (χ1v) is 10.6. The van der Waals surface area contributed by atoms with Crippen LogP contribution in [0, 0.1) is 0 Å². The van der Waals surface area contributed by atoms with E-state index in [1.165, 1.54) is 0 Å². The number of benzene rings is 3. The summed E-state index contributed by atoms with van der Waals surface area (Å²) in [5.41, 5.74) is 5.31. The van der Waals surface area contributed by atoms with E-state index in [0.29, 0.717) is 15.1 Å². The van der Waals surface area contributed by atoms with Crippen molar-refractivity contribution >= 4 is 64.0 Å². The Morgan fingerprint density at radius 2 is 1.13 bits per heavy atom. The lowest BCUT2D eigenvalue weighted by Gasteiger charge is -2.20. The van der Waals surface area contributed by atoms with Crippen molar-refractivity contribution in [2.75, 3.05) is 0 Å². The second-order valence-electron chi connectivity index (χ2n) is 6.90. The maximum absolute atomic E-state index is 6.17. The van der Waals surface area contributed by atoms with E-state index in [1.54, 1.807) is 6.20 Å². The molecule has 0 aliphatic rings. The van der Waals surface area contributed by atoms with Crippen molar-refractivity contribution in [2.24, 2.45) is 0 Å². The predicted octanol–water partition coefficient (Wildman–Crippen LogP) is 6.43. The van der Waals surface area contributed by atoms with Gasteiger partial charge in [0.05, 0.1) is 5.69 Å². The smallest absolute Gasteiger partial charge is 0.242 e. The van der Waals surface area contributed by atoms with Crippen LogP contribution in [0.1, 0.15) is 11.3 Å². The van der Waals surface area contributed by atoms with Crippen LogP contribution < -0.4 is 10.9 Å². The predicted molar refractivity (Wildman–Crippen MR) is 131 cm³/mol. The van der Waals surface area contributed by atoms with Gasteiger partial charge in [-0.1, -0.05) is 93.7 Å². The van der Waals surface area contributed by atoms with E-state index in [2.05, 4.69) is 35.3 Å². The number of halogens is 3. The van der Waals surface area contributed by atoms with E-state index in [9.17, 15) is 0 Å². The molecule has 0 amide bonds. The van der Waals surface area contributed by atoms with Crippen LogP contribution in [-0.2, 0) is 0 Å². The fourth-order valence-electron chi connectivity index (χ4n) is 3.46. The van der Waals surface area contributed by atoms with Gasteiger partial charge in [0.25, 0.3) is 0 Å². The molecular formula is C25H17BCl3N. The summed E-state index contributed by atoms with van der Waals surface area (Å²) in [4.78, 5) is 4.51. The molecule has 4 rings (SSSR count). The van der Waals surface area contributed by atoms with Crippen LogP contribution in [0.2, 0.25) is 15.1 Å². The molecule has 146 valence electrons. The van der Waals surface area contributed by atoms with Crippen molar-refractivity contribution in [3.8, 4) is 0 Å². The molecule has 4 aromatic rings. The monoisotopic (exact) mass is 447 g/mol. The van der Waals surface area contributed by atoms with Crippen LogP contribution in [0.4, 0.5) is 0 Å². The molecule has 0 aliphatic carbocycles. The van der Waals surface area contributed by atoms with Crippen LogP contribution in [-0.4, -0.2) is 11.7 Å². The molecule has 1 nitrogen and oxygen atoms in total. The van der Waals surface area contributed by atoms with Gasteiger partial charge in [0, 0.05) is 21.3 Å². The highest BCUT2D eigenvalue weighted by Gasteiger charge is 2.25. The Labute approximate surface area is 192 Å². The van der Waals surface area contributed by atoms with Gasteiger partial charge in [0.1, 0.15) is 0 Å². The third-order valence-electron chi connectivity index (χ3n) is 4.89. The summed E-state index contributed by atoms with van der Waals surface area (Å²) in [6.07, 6.45) is 3.92. The number of pyridine rings is 1. The molecular weight excluding hydrogens is 431 g/mol. The molecule has 1 heterocycles. The Hall–Kier alpha value is -2.52. The summed E-state index contributed by atoms with van der Waals surface area (Å²) in [5.74, 6) is 0. The number of aromatic nitrogens is 1. The first-order chi connectivity index (χ1) is 14.6. The van der Waals surface area contributed by atoms with Crippen molar-refractivity contribution in [3.05, 3.63) is 124 Å². The zero-order chi connectivity index (χ0) is 20.9. The Bertz CT molecular complexity index is 1090. The van der Waals surface area contributed by atoms with E-state index in [-0.39, 0.29) is 6.71 Å². The average Bonchev–Trinajstić information content (AvgIpc) is 2.77. The molecule has 3 aromatic carbocycles. The van der Waals surface area contributed by atoms with Gasteiger partial charge in [-0.05, 0) is 60.2 Å². The molecule has 0 saturated carbocycles. The van der Waals surface area contributed by atoms with Crippen molar-refractivity contribution in [2.45, 2.75) is 0 Å². The normalized spacial score (nSPS) is 11.4. The van der Waals surface area contributed by atoms with Crippen LogP contribution in [0.3, 0.4) is 0 Å². The van der Waals surface area contributed by atoms with Gasteiger partial charge >= 0.3 is 0 Å². The second-order valence-corrected chi connectivity index (χ2v) is 8.21. The number of rotatable bonds is 5. The molecule has 0 aliphatic heterocycles. The molecule has 0 atom stereocenters. The second kappa shape index (κ2) is 9.53. The third kappa shape index (κ3) is 4.96. The summed E-state index contributed by atoms with van der Waals surface area (Å²) >= 11 is 18.5. The van der Waals surface area contributed by atoms with E-state index in [0.717, 1.165) is 27.7 Å². The maximum Gasteiger partial charge on any atom is 0.242 e. The summed E-state index contributed by atoms with van der Waals surface area (Å²) in [5, 5.41) is 2.11. The van der Waals surface area contributed by atoms with Gasteiger partial charge in [-0.15, -0.1) is 0 Å². The molecule has 0 N–H and O–H groups in total. The Morgan fingerprint density at radius 1 is 0.633 bits per heavy atom. The Balaban J connectivity index is 1.94. The van der Waals surface area contributed by atoms with Gasteiger partial charge in [-0.2, -0.15) is 0 Å². The number of hydrogen-bond donors (Lipinski definition) is 0. The van der Waals surface area contributed by atoms with Gasteiger partial charge in [-0.3, -0.25) is 4.98 Å². The van der Waals surface area contributed by atoms with Crippen LogP contribution in [0.25, 0.3) is 11.5 Å². The van der Waals surface area contributed by atoms with E-state index in [1.807, 2.05) is 66.7 Å². The number of nitrogens with zero attached hydrogens (tertiary/aromatic N) is 1. The molecule has 0 unspecified atom stereocenters. The first-order valence-electron chi connectivity index (χ1n) is 9.49. The van der Waals surface area contributed by atoms with E-state index >= 15 is 0 Å². The summed E-state index contributed by atoms with van der Waals surface area (Å²) in [6.45, 7) is -0.0392. The third-order valence-corrected chi connectivity index (χ3v) is 5.64. The lowest BCUT2D eigenvalue weighted by molar-refractivity contribution is 1.30. The SMILES string of the molecule is Clc1ccc(B(/C(=C\c2ccccn2)c2ccc(Cl)cc2)c2ccc(Cl)cc2)cc1. The molecule has 30 heavy (non-hydrogen) atoms. The lowest BCUT2D eigenvalue weighted by Crippen LogP contribution is -2.43. The van der Waals surface area contributed by atoms with Gasteiger partial charge in [-0.25, -0.2) is 0 Å². The Morgan fingerprint density at radius 3 is 1.60 bits per heavy atom. The molecule has 0 spiro atoms.